The van der Waals surface area contributed by atoms with Crippen LogP contribution in [0.2, 0.25) is 0 Å². The van der Waals surface area contributed by atoms with Gasteiger partial charge in [-0.3, -0.25) is 4.79 Å². The van der Waals surface area contributed by atoms with Gasteiger partial charge in [0.05, 0.1) is 0 Å². The molecule has 0 aliphatic heterocycles. The van der Waals surface area contributed by atoms with Crippen molar-refractivity contribution >= 4 is 17.3 Å². The van der Waals surface area contributed by atoms with Crippen molar-refractivity contribution < 1.29 is 4.79 Å². The molecule has 5 nitrogen and oxygen atoms in total. The molecular weight excluding hydrogens is 264 g/mol. The van der Waals surface area contributed by atoms with Crippen molar-refractivity contribution in [3.63, 3.8) is 0 Å². The molecule has 1 unspecified atom stereocenters. The van der Waals surface area contributed by atoms with E-state index in [1.54, 1.807) is 12.3 Å². The molecule has 1 heterocycles. The number of carbonyl (C=O) groups excluding carboxylic acids is 1. The lowest BCUT2D eigenvalue weighted by Gasteiger charge is -2.16. The van der Waals surface area contributed by atoms with Crippen molar-refractivity contribution in [3.05, 3.63) is 53.9 Å². The highest BCUT2D eigenvalue weighted by atomic mass is 16.1. The number of pyridine rings is 1. The van der Waals surface area contributed by atoms with Crippen LogP contribution in [-0.4, -0.2) is 10.9 Å². The molecule has 0 bridgehead atoms. The van der Waals surface area contributed by atoms with Gasteiger partial charge in [0.25, 0.3) is 0 Å². The Morgan fingerprint density at radius 2 is 2.10 bits per heavy atom. The Balaban J connectivity index is 2.14. The minimum absolute atomic E-state index is 0.0349. The van der Waals surface area contributed by atoms with Crippen molar-refractivity contribution in [1.29, 1.82) is 5.26 Å². The van der Waals surface area contributed by atoms with Crippen LogP contribution in [0.3, 0.4) is 0 Å². The summed E-state index contributed by atoms with van der Waals surface area (Å²) in [7, 11) is 0. The molecule has 0 radical (unpaired) electrons. The molecule has 1 atom stereocenters. The van der Waals surface area contributed by atoms with Gasteiger partial charge in [-0.2, -0.15) is 5.26 Å². The van der Waals surface area contributed by atoms with Crippen LogP contribution >= 0.6 is 0 Å². The quantitative estimate of drug-likeness (QED) is 0.902. The molecule has 1 aromatic heterocycles. The fourth-order valence-electron chi connectivity index (χ4n) is 2.00. The number of carbonyl (C=O) groups is 1. The van der Waals surface area contributed by atoms with Crippen LogP contribution in [-0.2, 0) is 4.79 Å². The van der Waals surface area contributed by atoms with Crippen molar-refractivity contribution in [1.82, 2.24) is 4.98 Å². The smallest absolute Gasteiger partial charge is 0.221 e. The average molecular weight is 280 g/mol. The Morgan fingerprint density at radius 3 is 2.81 bits per heavy atom. The van der Waals surface area contributed by atoms with Gasteiger partial charge in [-0.15, -0.1) is 0 Å². The summed E-state index contributed by atoms with van der Waals surface area (Å²) in [6, 6.07) is 13.2. The zero-order chi connectivity index (χ0) is 15.2. The predicted molar refractivity (Wildman–Crippen MR) is 81.7 cm³/mol. The van der Waals surface area contributed by atoms with Crippen LogP contribution in [0.5, 0.6) is 0 Å². The highest BCUT2D eigenvalue weighted by molar-refractivity contribution is 5.88. The second-order valence-electron chi connectivity index (χ2n) is 4.71. The van der Waals surface area contributed by atoms with E-state index >= 15 is 0 Å². The third-order valence-electron chi connectivity index (χ3n) is 2.96. The van der Waals surface area contributed by atoms with Gasteiger partial charge in [0.15, 0.2) is 0 Å². The Morgan fingerprint density at radius 1 is 1.29 bits per heavy atom. The zero-order valence-corrected chi connectivity index (χ0v) is 11.9. The van der Waals surface area contributed by atoms with Crippen LogP contribution in [0.25, 0.3) is 0 Å². The molecule has 0 spiro atoms. The first-order chi connectivity index (χ1) is 10.1. The molecule has 0 aliphatic rings. The van der Waals surface area contributed by atoms with Gasteiger partial charge >= 0.3 is 0 Å². The van der Waals surface area contributed by atoms with Crippen LogP contribution in [0.15, 0.2) is 42.6 Å². The van der Waals surface area contributed by atoms with Gasteiger partial charge in [0, 0.05) is 30.5 Å². The highest BCUT2D eigenvalue weighted by Gasteiger charge is 2.07. The summed E-state index contributed by atoms with van der Waals surface area (Å²) in [5.74, 6) is -0.0967. The molecule has 21 heavy (non-hydrogen) atoms. The van der Waals surface area contributed by atoms with E-state index in [1.165, 1.54) is 6.92 Å². The number of benzene rings is 1. The topological polar surface area (TPSA) is 77.8 Å². The Kier molecular flexibility index (Phi) is 4.52. The van der Waals surface area contributed by atoms with Crippen molar-refractivity contribution in [2.45, 2.75) is 19.9 Å². The fourth-order valence-corrected chi connectivity index (χ4v) is 2.00. The lowest BCUT2D eigenvalue weighted by atomic mass is 10.1. The van der Waals surface area contributed by atoms with Gasteiger partial charge in [-0.25, -0.2) is 4.98 Å². The van der Waals surface area contributed by atoms with Gasteiger partial charge in [0.2, 0.25) is 5.91 Å². The Bertz CT molecular complexity index is 691. The maximum Gasteiger partial charge on any atom is 0.221 e. The van der Waals surface area contributed by atoms with Crippen molar-refractivity contribution in [2.75, 3.05) is 10.6 Å². The van der Waals surface area contributed by atoms with Crippen LogP contribution < -0.4 is 10.6 Å². The van der Waals surface area contributed by atoms with Crippen LogP contribution in [0.1, 0.15) is 31.1 Å². The first kappa shape index (κ1) is 14.5. The largest absolute Gasteiger partial charge is 0.378 e. The highest BCUT2D eigenvalue weighted by Crippen LogP contribution is 2.21. The summed E-state index contributed by atoms with van der Waals surface area (Å²) in [5.41, 5.74) is 3.01. The normalized spacial score (nSPS) is 11.3. The minimum Gasteiger partial charge on any atom is -0.378 e. The lowest BCUT2D eigenvalue weighted by molar-refractivity contribution is -0.114. The molecule has 1 aromatic carbocycles. The van der Waals surface area contributed by atoms with Gasteiger partial charge in [-0.05, 0) is 36.8 Å². The molecule has 106 valence electrons. The summed E-state index contributed by atoms with van der Waals surface area (Å²) in [5, 5.41) is 14.9. The van der Waals surface area contributed by atoms with E-state index in [0.717, 1.165) is 16.9 Å². The Labute approximate surface area is 123 Å². The maximum absolute atomic E-state index is 11.1. The number of nitrogens with one attached hydrogen (secondary N) is 2. The zero-order valence-electron chi connectivity index (χ0n) is 11.9. The number of hydrogen-bond acceptors (Lipinski definition) is 4. The van der Waals surface area contributed by atoms with Crippen LogP contribution in [0.4, 0.5) is 11.4 Å². The number of nitrogens with zero attached hydrogens (tertiary/aromatic N) is 2. The number of anilines is 2. The summed E-state index contributed by atoms with van der Waals surface area (Å²) in [4.78, 5) is 15.0. The molecule has 0 aliphatic carbocycles. The van der Waals surface area contributed by atoms with E-state index < -0.39 is 0 Å². The minimum atomic E-state index is -0.0967. The summed E-state index contributed by atoms with van der Waals surface area (Å²) < 4.78 is 0. The van der Waals surface area contributed by atoms with E-state index in [9.17, 15) is 4.79 Å². The Hall–Kier alpha value is -2.87. The summed E-state index contributed by atoms with van der Waals surface area (Å²) in [6.45, 7) is 3.49. The molecule has 0 fully saturated rings. The van der Waals surface area contributed by atoms with Gasteiger partial charge < -0.3 is 10.6 Å². The maximum atomic E-state index is 11.1. The predicted octanol–water partition coefficient (Wildman–Crippen LogP) is 3.08. The number of aromatic nitrogens is 1. The molecule has 2 aromatic rings. The molecule has 2 N–H and O–H groups in total. The van der Waals surface area contributed by atoms with Gasteiger partial charge in [0.1, 0.15) is 11.8 Å². The van der Waals surface area contributed by atoms with Crippen LogP contribution in [0, 0.1) is 11.3 Å². The average Bonchev–Trinajstić information content (AvgIpc) is 2.47. The molecule has 5 heteroatoms. The van der Waals surface area contributed by atoms with E-state index in [0.29, 0.717) is 5.69 Å². The molecule has 1 amide bonds. The van der Waals surface area contributed by atoms with E-state index in [-0.39, 0.29) is 11.9 Å². The lowest BCUT2D eigenvalue weighted by Crippen LogP contribution is -2.09. The first-order valence-electron chi connectivity index (χ1n) is 6.58. The van der Waals surface area contributed by atoms with E-state index in [2.05, 4.69) is 15.6 Å². The molecule has 2 rings (SSSR count). The van der Waals surface area contributed by atoms with Gasteiger partial charge in [-0.1, -0.05) is 12.1 Å². The number of rotatable bonds is 4. The second kappa shape index (κ2) is 6.53. The monoisotopic (exact) mass is 280 g/mol. The number of hydrogen-bond donors (Lipinski definition) is 2. The third-order valence-corrected chi connectivity index (χ3v) is 2.96. The second-order valence-corrected chi connectivity index (χ2v) is 4.71. The summed E-state index contributed by atoms with van der Waals surface area (Å²) >= 11 is 0. The first-order valence-corrected chi connectivity index (χ1v) is 6.58. The van der Waals surface area contributed by atoms with Crippen molar-refractivity contribution in [3.8, 4) is 6.07 Å². The fraction of sp³-hybridized carbons (Fsp3) is 0.188. The molecular formula is C16H16N4O. The SMILES string of the molecule is CC(=O)Nc1cccc(C(C)Nc2ccnc(C#N)c2)c1. The van der Waals surface area contributed by atoms with Crippen molar-refractivity contribution in [2.24, 2.45) is 0 Å². The third kappa shape index (κ3) is 4.05. The number of nitriles is 1. The number of amides is 1. The molecule has 0 saturated heterocycles. The standard InChI is InChI=1S/C16H16N4O/c1-11(19-15-6-7-18-16(9-15)10-17)13-4-3-5-14(8-13)20-12(2)21/h3-9,11H,1-2H3,(H,18,19)(H,20,21). The van der Waals surface area contributed by atoms with E-state index in [4.69, 9.17) is 5.26 Å². The summed E-state index contributed by atoms with van der Waals surface area (Å²) in [6.07, 6.45) is 1.60. The molecule has 0 saturated carbocycles. The van der Waals surface area contributed by atoms with E-state index in [1.807, 2.05) is 43.3 Å².